The third-order valence-corrected chi connectivity index (χ3v) is 5.06. The number of benzene rings is 2. The van der Waals surface area contributed by atoms with E-state index in [4.69, 9.17) is 24.9 Å². The SMILES string of the molecule is COCOC1(CN(C(=O)/C=C/c2ccccc2)C(CON)c2ccc(F)cc2)COC1. The van der Waals surface area contributed by atoms with E-state index in [0.29, 0.717) is 18.8 Å². The van der Waals surface area contributed by atoms with E-state index in [2.05, 4.69) is 0 Å². The minimum Gasteiger partial charge on any atom is -0.375 e. The Morgan fingerprint density at radius 3 is 2.52 bits per heavy atom. The van der Waals surface area contributed by atoms with Gasteiger partial charge in [-0.3, -0.25) is 4.79 Å². The topological polar surface area (TPSA) is 83.2 Å². The van der Waals surface area contributed by atoms with E-state index >= 15 is 0 Å². The number of nitrogens with zero attached hydrogens (tertiary/aromatic N) is 1. The van der Waals surface area contributed by atoms with Gasteiger partial charge in [-0.05, 0) is 29.3 Å². The highest BCUT2D eigenvalue weighted by atomic mass is 19.1. The molecule has 1 amide bonds. The predicted molar refractivity (Wildman–Crippen MR) is 113 cm³/mol. The number of nitrogens with two attached hydrogens (primary N) is 1. The van der Waals surface area contributed by atoms with Crippen molar-refractivity contribution in [3.8, 4) is 0 Å². The summed E-state index contributed by atoms with van der Waals surface area (Å²) < 4.78 is 29.7. The van der Waals surface area contributed by atoms with Gasteiger partial charge >= 0.3 is 0 Å². The smallest absolute Gasteiger partial charge is 0.247 e. The number of hydrogen-bond donors (Lipinski definition) is 1. The van der Waals surface area contributed by atoms with Gasteiger partial charge in [0.05, 0.1) is 32.4 Å². The van der Waals surface area contributed by atoms with E-state index < -0.39 is 11.6 Å². The maximum absolute atomic E-state index is 13.5. The van der Waals surface area contributed by atoms with Crippen LogP contribution in [0.2, 0.25) is 0 Å². The molecular formula is C23H27FN2O5. The normalized spacial score (nSPS) is 16.1. The average Bonchev–Trinajstić information content (AvgIpc) is 2.77. The molecule has 2 N–H and O–H groups in total. The van der Waals surface area contributed by atoms with Crippen molar-refractivity contribution in [1.29, 1.82) is 0 Å². The number of halogens is 1. The summed E-state index contributed by atoms with van der Waals surface area (Å²) in [6.07, 6.45) is 3.23. The van der Waals surface area contributed by atoms with Crippen LogP contribution >= 0.6 is 0 Å². The zero-order chi connectivity index (χ0) is 22.1. The fourth-order valence-corrected chi connectivity index (χ4v) is 3.36. The fourth-order valence-electron chi connectivity index (χ4n) is 3.36. The molecule has 1 fully saturated rings. The van der Waals surface area contributed by atoms with Gasteiger partial charge in [-0.25, -0.2) is 10.3 Å². The largest absolute Gasteiger partial charge is 0.375 e. The Labute approximate surface area is 181 Å². The number of ether oxygens (including phenoxy) is 3. The lowest BCUT2D eigenvalue weighted by Crippen LogP contribution is -2.60. The summed E-state index contributed by atoms with van der Waals surface area (Å²) >= 11 is 0. The van der Waals surface area contributed by atoms with Gasteiger partial charge in [-0.15, -0.1) is 0 Å². The van der Waals surface area contributed by atoms with Crippen LogP contribution < -0.4 is 5.90 Å². The van der Waals surface area contributed by atoms with Crippen LogP contribution in [0, 0.1) is 5.82 Å². The van der Waals surface area contributed by atoms with Crippen LogP contribution in [0.25, 0.3) is 6.08 Å². The van der Waals surface area contributed by atoms with E-state index in [-0.39, 0.29) is 31.7 Å². The van der Waals surface area contributed by atoms with E-state index in [1.165, 1.54) is 25.3 Å². The molecular weight excluding hydrogens is 403 g/mol. The first-order chi connectivity index (χ1) is 15.1. The molecule has 0 aliphatic carbocycles. The van der Waals surface area contributed by atoms with Gasteiger partial charge in [-0.1, -0.05) is 42.5 Å². The van der Waals surface area contributed by atoms with Crippen LogP contribution in [0.1, 0.15) is 17.2 Å². The highest BCUT2D eigenvalue weighted by molar-refractivity contribution is 5.92. The molecule has 1 aliphatic rings. The minimum absolute atomic E-state index is 0.0256. The molecule has 0 spiro atoms. The summed E-state index contributed by atoms with van der Waals surface area (Å²) in [5, 5.41) is 0. The van der Waals surface area contributed by atoms with E-state index in [1.54, 1.807) is 23.1 Å². The molecule has 8 heteroatoms. The van der Waals surface area contributed by atoms with Gasteiger partial charge < -0.3 is 23.9 Å². The Balaban J connectivity index is 1.90. The molecule has 7 nitrogen and oxygen atoms in total. The van der Waals surface area contributed by atoms with E-state index in [9.17, 15) is 9.18 Å². The monoisotopic (exact) mass is 430 g/mol. The van der Waals surface area contributed by atoms with Gasteiger partial charge in [0.25, 0.3) is 0 Å². The maximum Gasteiger partial charge on any atom is 0.247 e. The number of carbonyl (C=O) groups is 1. The van der Waals surface area contributed by atoms with Crippen LogP contribution in [0.3, 0.4) is 0 Å². The second-order valence-electron chi connectivity index (χ2n) is 7.34. The maximum atomic E-state index is 13.5. The van der Waals surface area contributed by atoms with E-state index in [1.807, 2.05) is 30.3 Å². The Bertz CT molecular complexity index is 856. The number of rotatable bonds is 11. The second kappa shape index (κ2) is 11.1. The van der Waals surface area contributed by atoms with Gasteiger partial charge in [0, 0.05) is 13.2 Å². The van der Waals surface area contributed by atoms with Gasteiger partial charge in [0.1, 0.15) is 18.2 Å². The van der Waals surface area contributed by atoms with Crippen molar-refractivity contribution in [2.75, 3.05) is 40.3 Å². The van der Waals surface area contributed by atoms with Gasteiger partial charge in [0.15, 0.2) is 0 Å². The molecule has 2 aromatic rings. The molecule has 0 radical (unpaired) electrons. The zero-order valence-electron chi connectivity index (χ0n) is 17.4. The third kappa shape index (κ3) is 6.19. The molecule has 0 saturated carbocycles. The summed E-state index contributed by atoms with van der Waals surface area (Å²) in [6.45, 7) is 0.960. The summed E-state index contributed by atoms with van der Waals surface area (Å²) in [6, 6.07) is 14.8. The minimum atomic E-state index is -0.709. The second-order valence-corrected chi connectivity index (χ2v) is 7.34. The van der Waals surface area contributed by atoms with Gasteiger partial charge in [0.2, 0.25) is 5.91 Å². The average molecular weight is 430 g/mol. The third-order valence-electron chi connectivity index (χ3n) is 5.06. The molecule has 2 aromatic carbocycles. The molecule has 1 saturated heterocycles. The van der Waals surface area contributed by atoms with Crippen molar-refractivity contribution in [1.82, 2.24) is 4.90 Å². The van der Waals surface area contributed by atoms with E-state index in [0.717, 1.165) is 5.56 Å². The van der Waals surface area contributed by atoms with Gasteiger partial charge in [-0.2, -0.15) is 0 Å². The molecule has 1 aliphatic heterocycles. The quantitative estimate of drug-likeness (QED) is 0.335. The molecule has 1 atom stereocenters. The Kier molecular flexibility index (Phi) is 8.27. The summed E-state index contributed by atoms with van der Waals surface area (Å²) in [5.41, 5.74) is 0.871. The number of methoxy groups -OCH3 is 1. The van der Waals surface area contributed by atoms with Crippen molar-refractivity contribution >= 4 is 12.0 Å². The zero-order valence-corrected chi connectivity index (χ0v) is 17.4. The van der Waals surface area contributed by atoms with Crippen molar-refractivity contribution in [3.05, 3.63) is 77.6 Å². The van der Waals surface area contributed by atoms with Crippen LogP contribution in [0.15, 0.2) is 60.7 Å². The summed E-state index contributed by atoms with van der Waals surface area (Å²) in [5.74, 6) is 4.75. The highest BCUT2D eigenvalue weighted by Crippen LogP contribution is 2.29. The lowest BCUT2D eigenvalue weighted by molar-refractivity contribution is -0.248. The summed E-state index contributed by atoms with van der Waals surface area (Å²) in [7, 11) is 1.53. The molecule has 1 unspecified atom stereocenters. The predicted octanol–water partition coefficient (Wildman–Crippen LogP) is 2.69. The van der Waals surface area contributed by atoms with Crippen LogP contribution in [-0.4, -0.2) is 56.7 Å². The number of amides is 1. The molecule has 166 valence electrons. The van der Waals surface area contributed by atoms with Crippen LogP contribution in [-0.2, 0) is 23.8 Å². The first kappa shape index (κ1) is 23.1. The highest BCUT2D eigenvalue weighted by Gasteiger charge is 2.44. The van der Waals surface area contributed by atoms with Crippen LogP contribution in [0.4, 0.5) is 4.39 Å². The fraction of sp³-hybridized carbons (Fsp3) is 0.348. The molecule has 31 heavy (non-hydrogen) atoms. The number of carbonyl (C=O) groups excluding carboxylic acids is 1. The lowest BCUT2D eigenvalue weighted by Gasteiger charge is -2.45. The van der Waals surface area contributed by atoms with Crippen LogP contribution in [0.5, 0.6) is 0 Å². The first-order valence-corrected chi connectivity index (χ1v) is 9.88. The van der Waals surface area contributed by atoms with Crippen molar-refractivity contribution < 1.29 is 28.2 Å². The first-order valence-electron chi connectivity index (χ1n) is 9.88. The lowest BCUT2D eigenvalue weighted by atomic mass is 9.97. The molecule has 1 heterocycles. The molecule has 0 aromatic heterocycles. The Hall–Kier alpha value is -2.62. The summed E-state index contributed by atoms with van der Waals surface area (Å²) in [4.78, 5) is 19.8. The Morgan fingerprint density at radius 1 is 1.23 bits per heavy atom. The van der Waals surface area contributed by atoms with Crippen molar-refractivity contribution in [2.45, 2.75) is 11.6 Å². The Morgan fingerprint density at radius 2 is 1.94 bits per heavy atom. The number of hydrogen-bond acceptors (Lipinski definition) is 6. The standard InChI is InChI=1S/C23H27FN2O5/c1-28-17-30-23(15-29-16-23)14-26(22(27)12-7-18-5-3-2-4-6-18)21(13-31-25)19-8-10-20(24)11-9-19/h2-12,21H,13-17,25H2,1H3/b12-7+. The molecule has 0 bridgehead atoms. The molecule has 3 rings (SSSR count). The van der Waals surface area contributed by atoms with Crippen molar-refractivity contribution in [3.63, 3.8) is 0 Å². The van der Waals surface area contributed by atoms with Crippen molar-refractivity contribution in [2.24, 2.45) is 5.90 Å².